The molecule has 7 nitrogen and oxygen atoms in total. The number of anilines is 1. The van der Waals surface area contributed by atoms with Crippen LogP contribution < -0.4 is 10.6 Å². The number of aromatic amines is 1. The maximum absolute atomic E-state index is 12.6. The van der Waals surface area contributed by atoms with Crippen LogP contribution >= 0.6 is 23.8 Å². The maximum Gasteiger partial charge on any atom is 0.417 e. The van der Waals surface area contributed by atoms with E-state index in [4.69, 9.17) is 23.8 Å². The minimum atomic E-state index is -4.51. The number of hydrogen-bond acceptors (Lipinski definition) is 5. The minimum Gasteiger partial charge on any atom is -0.367 e. The molecule has 148 valence electrons. The zero-order valence-electron chi connectivity index (χ0n) is 14.4. The van der Waals surface area contributed by atoms with Crippen LogP contribution in [-0.2, 0) is 23.9 Å². The van der Waals surface area contributed by atoms with Gasteiger partial charge in [-0.2, -0.15) is 18.3 Å². The molecule has 0 aliphatic carbocycles. The highest BCUT2D eigenvalue weighted by Gasteiger charge is 2.31. The number of aryl methyl sites for hydroxylation is 1. The van der Waals surface area contributed by atoms with E-state index in [2.05, 4.69) is 25.8 Å². The van der Waals surface area contributed by atoms with Crippen molar-refractivity contribution in [1.82, 2.24) is 25.1 Å². The first-order valence-corrected chi connectivity index (χ1v) is 8.88. The number of carbonyl (C=O) groups is 1. The van der Waals surface area contributed by atoms with E-state index in [-0.39, 0.29) is 36.4 Å². The van der Waals surface area contributed by atoms with Crippen LogP contribution in [0.25, 0.3) is 0 Å². The summed E-state index contributed by atoms with van der Waals surface area (Å²) in [6, 6.07) is 0.797. The molecule has 2 aromatic rings. The predicted octanol–water partition coefficient (Wildman–Crippen LogP) is 3.19. The van der Waals surface area contributed by atoms with Crippen molar-refractivity contribution in [3.8, 4) is 0 Å². The summed E-state index contributed by atoms with van der Waals surface area (Å²) in [6.45, 7) is 2.49. The number of aromatic nitrogens is 4. The van der Waals surface area contributed by atoms with E-state index >= 15 is 0 Å². The van der Waals surface area contributed by atoms with Gasteiger partial charge in [0.15, 0.2) is 4.77 Å². The summed E-state index contributed by atoms with van der Waals surface area (Å²) >= 11 is 10.9. The number of amides is 1. The van der Waals surface area contributed by atoms with Crippen LogP contribution in [0.4, 0.5) is 19.0 Å². The zero-order valence-corrected chi connectivity index (χ0v) is 15.9. The Morgan fingerprint density at radius 2 is 2.15 bits per heavy atom. The fraction of sp³-hybridized carbons (Fsp3) is 0.467. The first kappa shape index (κ1) is 21.2. The lowest BCUT2D eigenvalue weighted by atomic mass is 10.3. The van der Waals surface area contributed by atoms with Crippen LogP contribution in [0, 0.1) is 4.77 Å². The summed E-state index contributed by atoms with van der Waals surface area (Å²) in [4.78, 5) is 15.7. The predicted molar refractivity (Wildman–Crippen MR) is 97.2 cm³/mol. The van der Waals surface area contributed by atoms with Crippen LogP contribution in [-0.4, -0.2) is 38.7 Å². The highest BCUT2D eigenvalue weighted by Crippen LogP contribution is 2.32. The van der Waals surface area contributed by atoms with Crippen LogP contribution in [0.15, 0.2) is 12.3 Å². The van der Waals surface area contributed by atoms with Crippen LogP contribution in [0.3, 0.4) is 0 Å². The number of pyridine rings is 1. The molecule has 3 N–H and O–H groups in total. The molecule has 0 fully saturated rings. The normalized spacial score (nSPS) is 11.4. The molecule has 2 aromatic heterocycles. The van der Waals surface area contributed by atoms with Gasteiger partial charge in [0.25, 0.3) is 0 Å². The van der Waals surface area contributed by atoms with Gasteiger partial charge in [-0.15, -0.1) is 0 Å². The Morgan fingerprint density at radius 3 is 2.78 bits per heavy atom. The lowest BCUT2D eigenvalue weighted by Crippen LogP contribution is -2.32. The fourth-order valence-corrected chi connectivity index (χ4v) is 2.68. The molecule has 0 saturated heterocycles. The molecule has 27 heavy (non-hydrogen) atoms. The van der Waals surface area contributed by atoms with Gasteiger partial charge in [-0.3, -0.25) is 14.5 Å². The van der Waals surface area contributed by atoms with Gasteiger partial charge < -0.3 is 10.6 Å². The first-order valence-electron chi connectivity index (χ1n) is 8.09. The molecule has 0 aliphatic rings. The van der Waals surface area contributed by atoms with Gasteiger partial charge in [0.2, 0.25) is 5.91 Å². The monoisotopic (exact) mass is 422 g/mol. The highest BCUT2D eigenvalue weighted by molar-refractivity contribution is 7.71. The topological polar surface area (TPSA) is 87.6 Å². The van der Waals surface area contributed by atoms with Gasteiger partial charge in [-0.25, -0.2) is 4.98 Å². The second kappa shape index (κ2) is 9.18. The van der Waals surface area contributed by atoms with Crippen molar-refractivity contribution in [3.63, 3.8) is 0 Å². The number of rotatable bonds is 8. The number of hydrogen-bond donors (Lipinski definition) is 3. The van der Waals surface area contributed by atoms with Crippen LogP contribution in [0.5, 0.6) is 0 Å². The Labute approximate surface area is 163 Å². The quantitative estimate of drug-likeness (QED) is 0.449. The second-order valence-electron chi connectivity index (χ2n) is 5.61. The van der Waals surface area contributed by atoms with Crippen molar-refractivity contribution in [3.05, 3.63) is 33.4 Å². The van der Waals surface area contributed by atoms with E-state index < -0.39 is 11.7 Å². The number of carbonyl (C=O) groups excluding carboxylic acids is 1. The number of halogens is 4. The van der Waals surface area contributed by atoms with Gasteiger partial charge in [-0.1, -0.05) is 18.5 Å². The Bertz CT molecular complexity index is 851. The Kier molecular flexibility index (Phi) is 7.19. The number of nitrogens with one attached hydrogen (secondary N) is 3. The molecular weight excluding hydrogens is 405 g/mol. The molecule has 12 heteroatoms. The molecule has 0 aromatic carbocycles. The van der Waals surface area contributed by atoms with Crippen molar-refractivity contribution in [2.45, 2.75) is 32.5 Å². The van der Waals surface area contributed by atoms with Gasteiger partial charge in [0.1, 0.15) is 18.2 Å². The standard InChI is InChI=1S/C15H18ClF3N6OS/c1-2-3-11-23-24-14(27)25(11)8-12(26)20-4-5-21-13-10(16)6-9(7-22-13)15(17,18)19/h6-7H,2-5,8H2,1H3,(H,20,26)(H,21,22)(H,24,27). The summed E-state index contributed by atoms with van der Waals surface area (Å²) in [5, 5.41) is 12.0. The summed E-state index contributed by atoms with van der Waals surface area (Å²) in [6.07, 6.45) is -2.25. The Hall–Kier alpha value is -2.14. The molecule has 0 spiro atoms. The van der Waals surface area contributed by atoms with E-state index in [0.717, 1.165) is 12.5 Å². The van der Waals surface area contributed by atoms with E-state index in [0.29, 0.717) is 23.2 Å². The van der Waals surface area contributed by atoms with Gasteiger partial charge in [0.05, 0.1) is 10.6 Å². The summed E-state index contributed by atoms with van der Waals surface area (Å²) in [5.74, 6) is 0.552. The molecule has 0 aliphatic heterocycles. The van der Waals surface area contributed by atoms with E-state index in [9.17, 15) is 18.0 Å². The molecular formula is C15H18ClF3N6OS. The third-order valence-corrected chi connectivity index (χ3v) is 4.12. The molecule has 1 amide bonds. The number of alkyl halides is 3. The van der Waals surface area contributed by atoms with Gasteiger partial charge in [-0.05, 0) is 24.7 Å². The molecule has 0 bridgehead atoms. The fourth-order valence-electron chi connectivity index (χ4n) is 2.23. The Morgan fingerprint density at radius 1 is 1.41 bits per heavy atom. The van der Waals surface area contributed by atoms with E-state index in [1.165, 1.54) is 0 Å². The summed E-state index contributed by atoms with van der Waals surface area (Å²) < 4.78 is 39.7. The Balaban J connectivity index is 1.83. The highest BCUT2D eigenvalue weighted by atomic mass is 35.5. The van der Waals surface area contributed by atoms with Crippen LogP contribution in [0.1, 0.15) is 24.7 Å². The van der Waals surface area contributed by atoms with Crippen molar-refractivity contribution in [2.24, 2.45) is 0 Å². The van der Waals surface area contributed by atoms with Crippen molar-refractivity contribution < 1.29 is 18.0 Å². The third-order valence-electron chi connectivity index (χ3n) is 3.52. The van der Waals surface area contributed by atoms with Crippen molar-refractivity contribution in [2.75, 3.05) is 18.4 Å². The lowest BCUT2D eigenvalue weighted by Gasteiger charge is -2.11. The molecule has 0 radical (unpaired) electrons. The average Bonchev–Trinajstić information content (AvgIpc) is 2.92. The summed E-state index contributed by atoms with van der Waals surface area (Å²) in [5.41, 5.74) is -0.925. The van der Waals surface area contributed by atoms with Crippen molar-refractivity contribution in [1.29, 1.82) is 0 Å². The number of H-pyrrole nitrogens is 1. The van der Waals surface area contributed by atoms with Gasteiger partial charge in [0, 0.05) is 25.7 Å². The van der Waals surface area contributed by atoms with Crippen LogP contribution in [0.2, 0.25) is 5.02 Å². The van der Waals surface area contributed by atoms with E-state index in [1.807, 2.05) is 6.92 Å². The SMILES string of the molecule is CCCc1n[nH]c(=S)n1CC(=O)NCCNc1ncc(C(F)(F)F)cc1Cl. The zero-order chi connectivity index (χ0) is 20.0. The molecule has 0 saturated carbocycles. The minimum absolute atomic E-state index is 0.0317. The molecule has 2 heterocycles. The lowest BCUT2D eigenvalue weighted by molar-refractivity contribution is -0.137. The molecule has 0 atom stereocenters. The first-order chi connectivity index (χ1) is 12.7. The second-order valence-corrected chi connectivity index (χ2v) is 6.40. The van der Waals surface area contributed by atoms with E-state index in [1.54, 1.807) is 4.57 Å². The molecule has 0 unspecified atom stereocenters. The third kappa shape index (κ3) is 5.93. The molecule has 2 rings (SSSR count). The summed E-state index contributed by atoms with van der Waals surface area (Å²) in [7, 11) is 0. The van der Waals surface area contributed by atoms with Gasteiger partial charge >= 0.3 is 6.18 Å². The largest absolute Gasteiger partial charge is 0.417 e. The smallest absolute Gasteiger partial charge is 0.367 e. The average molecular weight is 423 g/mol. The van der Waals surface area contributed by atoms with Crippen molar-refractivity contribution >= 4 is 35.5 Å². The number of nitrogens with zero attached hydrogens (tertiary/aromatic N) is 3. The maximum atomic E-state index is 12.6.